The molecule has 0 atom stereocenters. The molecule has 0 aliphatic carbocycles. The number of hydrogen-bond acceptors (Lipinski definition) is 3. The van der Waals surface area contributed by atoms with Crippen LogP contribution in [0.25, 0.3) is 0 Å². The highest BCUT2D eigenvalue weighted by Crippen LogP contribution is 2.16. The molecule has 13 heavy (non-hydrogen) atoms. The lowest BCUT2D eigenvalue weighted by molar-refractivity contribution is 1.10. The minimum absolute atomic E-state index is 0.504. The topological polar surface area (TPSA) is 54.7 Å². The van der Waals surface area contributed by atoms with E-state index in [1.165, 1.54) is 4.88 Å². The molecule has 0 unspecified atom stereocenters. The fraction of sp³-hybridized carbons (Fsp3) is 0.222. The summed E-state index contributed by atoms with van der Waals surface area (Å²) in [5.74, 6) is 0.504. The van der Waals surface area contributed by atoms with E-state index in [9.17, 15) is 0 Å². The first-order chi connectivity index (χ1) is 6.25. The van der Waals surface area contributed by atoms with Crippen molar-refractivity contribution in [2.24, 2.45) is 0 Å². The van der Waals surface area contributed by atoms with Gasteiger partial charge in [0, 0.05) is 17.0 Å². The molecule has 0 bridgehead atoms. The summed E-state index contributed by atoms with van der Waals surface area (Å²) in [6, 6.07) is 4.15. The first kappa shape index (κ1) is 8.31. The van der Waals surface area contributed by atoms with Crippen molar-refractivity contribution in [1.29, 1.82) is 0 Å². The minimum Gasteiger partial charge on any atom is -0.369 e. The Morgan fingerprint density at radius 2 is 2.46 bits per heavy atom. The van der Waals surface area contributed by atoms with E-state index in [-0.39, 0.29) is 0 Å². The van der Waals surface area contributed by atoms with Crippen LogP contribution in [0.2, 0.25) is 0 Å². The summed E-state index contributed by atoms with van der Waals surface area (Å²) in [6.45, 7) is 1.99. The van der Waals surface area contributed by atoms with E-state index in [4.69, 9.17) is 5.73 Å². The summed E-state index contributed by atoms with van der Waals surface area (Å²) in [4.78, 5) is 8.52. The van der Waals surface area contributed by atoms with Gasteiger partial charge in [-0.25, -0.2) is 4.98 Å². The summed E-state index contributed by atoms with van der Waals surface area (Å²) in [5.41, 5.74) is 7.65. The second kappa shape index (κ2) is 3.22. The van der Waals surface area contributed by atoms with Crippen LogP contribution in [0.4, 0.5) is 5.95 Å². The highest BCUT2D eigenvalue weighted by Gasteiger charge is 2.05. The Kier molecular flexibility index (Phi) is 2.06. The van der Waals surface area contributed by atoms with Gasteiger partial charge >= 0.3 is 0 Å². The van der Waals surface area contributed by atoms with Crippen molar-refractivity contribution in [3.63, 3.8) is 0 Å². The second-order valence-electron chi connectivity index (χ2n) is 2.95. The molecule has 2 aromatic rings. The Balaban J connectivity index is 2.23. The van der Waals surface area contributed by atoms with Gasteiger partial charge in [-0.15, -0.1) is 11.3 Å². The molecule has 2 rings (SSSR count). The molecule has 68 valence electrons. The normalized spacial score (nSPS) is 10.5. The molecule has 0 spiro atoms. The number of aryl methyl sites for hydroxylation is 1. The number of nitrogens with two attached hydrogens (primary N) is 1. The van der Waals surface area contributed by atoms with Crippen molar-refractivity contribution >= 4 is 17.3 Å². The first-order valence-electron chi connectivity index (χ1n) is 4.09. The second-order valence-corrected chi connectivity index (χ2v) is 3.98. The van der Waals surface area contributed by atoms with E-state index in [1.807, 2.05) is 13.0 Å². The average Bonchev–Trinajstić information content (AvgIpc) is 2.63. The highest BCUT2D eigenvalue weighted by molar-refractivity contribution is 7.09. The summed E-state index contributed by atoms with van der Waals surface area (Å²) >= 11 is 1.74. The van der Waals surface area contributed by atoms with Gasteiger partial charge < -0.3 is 10.7 Å². The van der Waals surface area contributed by atoms with Crippen molar-refractivity contribution in [2.45, 2.75) is 13.3 Å². The molecule has 2 heterocycles. The van der Waals surface area contributed by atoms with Gasteiger partial charge in [0.1, 0.15) is 0 Å². The molecule has 0 saturated carbocycles. The Morgan fingerprint density at radius 3 is 3.00 bits per heavy atom. The third kappa shape index (κ3) is 1.72. The van der Waals surface area contributed by atoms with Crippen LogP contribution in [-0.2, 0) is 6.42 Å². The molecule has 0 saturated heterocycles. The number of aromatic amines is 1. The lowest BCUT2D eigenvalue weighted by Gasteiger charge is -1.93. The monoisotopic (exact) mass is 193 g/mol. The lowest BCUT2D eigenvalue weighted by atomic mass is 10.2. The molecule has 0 amide bonds. The Labute approximate surface area is 80.6 Å². The number of nitrogens with zero attached hydrogens (tertiary/aromatic N) is 1. The van der Waals surface area contributed by atoms with Gasteiger partial charge in [-0.3, -0.25) is 0 Å². The molecule has 2 aromatic heterocycles. The van der Waals surface area contributed by atoms with E-state index >= 15 is 0 Å². The van der Waals surface area contributed by atoms with Crippen LogP contribution in [-0.4, -0.2) is 9.97 Å². The number of H-pyrrole nitrogens is 1. The van der Waals surface area contributed by atoms with Gasteiger partial charge in [0.05, 0.1) is 5.69 Å². The molecule has 0 aliphatic heterocycles. The number of nitrogen functional groups attached to an aromatic ring is 1. The SMILES string of the molecule is Cc1[nH]c(N)nc1Cc1cccs1. The molecular weight excluding hydrogens is 182 g/mol. The third-order valence-corrected chi connectivity index (χ3v) is 2.80. The minimum atomic E-state index is 0.504. The van der Waals surface area contributed by atoms with Crippen LogP contribution >= 0.6 is 11.3 Å². The summed E-state index contributed by atoms with van der Waals surface area (Å²) < 4.78 is 0. The quantitative estimate of drug-likeness (QED) is 0.766. The van der Waals surface area contributed by atoms with Gasteiger partial charge in [0.15, 0.2) is 5.95 Å². The van der Waals surface area contributed by atoms with Gasteiger partial charge in [-0.2, -0.15) is 0 Å². The molecule has 0 aliphatic rings. The van der Waals surface area contributed by atoms with Crippen molar-refractivity contribution in [3.8, 4) is 0 Å². The zero-order valence-electron chi connectivity index (χ0n) is 7.37. The zero-order chi connectivity index (χ0) is 9.26. The Morgan fingerprint density at radius 1 is 1.62 bits per heavy atom. The highest BCUT2D eigenvalue weighted by atomic mass is 32.1. The van der Waals surface area contributed by atoms with Gasteiger partial charge in [0.25, 0.3) is 0 Å². The fourth-order valence-corrected chi connectivity index (χ4v) is 1.98. The van der Waals surface area contributed by atoms with E-state index < -0.39 is 0 Å². The third-order valence-electron chi connectivity index (χ3n) is 1.93. The Hall–Kier alpha value is -1.29. The summed E-state index contributed by atoms with van der Waals surface area (Å²) in [7, 11) is 0. The van der Waals surface area contributed by atoms with Crippen molar-refractivity contribution in [1.82, 2.24) is 9.97 Å². The standard InChI is InChI=1S/C9H11N3S/c1-6-8(12-9(10)11-6)5-7-3-2-4-13-7/h2-4H,5H2,1H3,(H3,10,11,12). The maximum absolute atomic E-state index is 5.55. The van der Waals surface area contributed by atoms with Crippen LogP contribution in [0.15, 0.2) is 17.5 Å². The average molecular weight is 193 g/mol. The van der Waals surface area contributed by atoms with Gasteiger partial charge in [0.2, 0.25) is 0 Å². The molecule has 0 radical (unpaired) electrons. The lowest BCUT2D eigenvalue weighted by Crippen LogP contribution is -1.88. The molecule has 0 aromatic carbocycles. The van der Waals surface area contributed by atoms with Gasteiger partial charge in [-0.1, -0.05) is 6.07 Å². The van der Waals surface area contributed by atoms with Crippen molar-refractivity contribution in [2.75, 3.05) is 5.73 Å². The maximum atomic E-state index is 5.55. The Bertz CT molecular complexity index is 389. The molecule has 3 N–H and O–H groups in total. The van der Waals surface area contributed by atoms with E-state index in [0.717, 1.165) is 17.8 Å². The van der Waals surface area contributed by atoms with Crippen LogP contribution in [0, 0.1) is 6.92 Å². The van der Waals surface area contributed by atoms with Crippen LogP contribution in [0.3, 0.4) is 0 Å². The first-order valence-corrected chi connectivity index (χ1v) is 4.97. The number of imidazole rings is 1. The molecule has 0 fully saturated rings. The number of anilines is 1. The smallest absolute Gasteiger partial charge is 0.197 e. The van der Waals surface area contributed by atoms with Crippen LogP contribution < -0.4 is 5.73 Å². The van der Waals surface area contributed by atoms with E-state index in [0.29, 0.717) is 5.95 Å². The number of aromatic nitrogens is 2. The maximum Gasteiger partial charge on any atom is 0.197 e. The van der Waals surface area contributed by atoms with E-state index in [1.54, 1.807) is 11.3 Å². The number of nitrogens with one attached hydrogen (secondary N) is 1. The molecular formula is C9H11N3S. The molecule has 3 nitrogen and oxygen atoms in total. The van der Waals surface area contributed by atoms with Crippen LogP contribution in [0.1, 0.15) is 16.3 Å². The molecule has 4 heteroatoms. The van der Waals surface area contributed by atoms with E-state index in [2.05, 4.69) is 21.4 Å². The number of rotatable bonds is 2. The predicted octanol–water partition coefficient (Wildman–Crippen LogP) is 1.95. The summed E-state index contributed by atoms with van der Waals surface area (Å²) in [6.07, 6.45) is 0.872. The largest absolute Gasteiger partial charge is 0.369 e. The van der Waals surface area contributed by atoms with Crippen molar-refractivity contribution in [3.05, 3.63) is 33.8 Å². The summed E-state index contributed by atoms with van der Waals surface area (Å²) in [5, 5.41) is 2.07. The van der Waals surface area contributed by atoms with Gasteiger partial charge in [-0.05, 0) is 18.4 Å². The van der Waals surface area contributed by atoms with Crippen LogP contribution in [0.5, 0.6) is 0 Å². The van der Waals surface area contributed by atoms with Crippen molar-refractivity contribution < 1.29 is 0 Å². The zero-order valence-corrected chi connectivity index (χ0v) is 8.19. The number of hydrogen-bond donors (Lipinski definition) is 2. The predicted molar refractivity (Wildman–Crippen MR) is 54.9 cm³/mol. The fourth-order valence-electron chi connectivity index (χ4n) is 1.27. The number of thiophene rings is 1.